The van der Waals surface area contributed by atoms with Gasteiger partial charge in [-0.15, -0.1) is 0 Å². The van der Waals surface area contributed by atoms with Crippen LogP contribution in [0.2, 0.25) is 10.0 Å². The maximum atomic E-state index is 13.9. The van der Waals surface area contributed by atoms with E-state index in [1.165, 1.54) is 12.1 Å². The minimum Gasteiger partial charge on any atom is -0.493 e. The van der Waals surface area contributed by atoms with Gasteiger partial charge in [-0.2, -0.15) is 0 Å². The summed E-state index contributed by atoms with van der Waals surface area (Å²) in [4.78, 5) is 23.4. The second-order valence-electron chi connectivity index (χ2n) is 17.8. The number of ether oxygens (including phenoxy) is 4. The lowest BCUT2D eigenvalue weighted by Crippen LogP contribution is -2.38. The average molecular weight is 1130 g/mol. The van der Waals surface area contributed by atoms with Crippen molar-refractivity contribution in [1.82, 2.24) is 9.80 Å². The Morgan fingerprint density at radius 3 is 1.19 bits per heavy atom. The molecule has 6 N–H and O–H groups in total. The zero-order valence-electron chi connectivity index (χ0n) is 42.6. The van der Waals surface area contributed by atoms with Crippen molar-refractivity contribution in [3.63, 3.8) is 0 Å². The molecule has 6 aromatic rings. The van der Waals surface area contributed by atoms with Crippen molar-refractivity contribution < 1.29 is 55.6 Å². The number of rotatable bonds is 12. The minimum atomic E-state index is -3.94. The summed E-state index contributed by atoms with van der Waals surface area (Å²) in [6.45, 7) is 1.08. The van der Waals surface area contributed by atoms with Gasteiger partial charge in [-0.1, -0.05) is 96.0 Å². The van der Waals surface area contributed by atoms with E-state index in [1.807, 2.05) is 107 Å². The molecule has 78 heavy (non-hydrogen) atoms. The van der Waals surface area contributed by atoms with E-state index < -0.39 is 43.4 Å². The molecule has 2 atom stereocenters. The molecule has 4 aliphatic rings. The molecule has 0 saturated heterocycles. The highest BCUT2D eigenvalue weighted by atomic mass is 35.5. The number of hydrogen-bond donors (Lipinski definition) is 4. The van der Waals surface area contributed by atoms with Crippen molar-refractivity contribution in [3.8, 4) is 23.0 Å². The number of aliphatic carboxylic acids is 2. The second-order valence-corrected chi connectivity index (χ2v) is 22.6. The largest absolute Gasteiger partial charge is 0.493 e. The van der Waals surface area contributed by atoms with Gasteiger partial charge in [-0.25, -0.2) is 26.4 Å². The molecule has 2 unspecified atom stereocenters. The van der Waals surface area contributed by atoms with Gasteiger partial charge in [0.25, 0.3) is 0 Å². The summed E-state index contributed by atoms with van der Waals surface area (Å²) in [6, 6.07) is 39.4. The number of benzene rings is 6. The summed E-state index contributed by atoms with van der Waals surface area (Å²) in [6.07, 6.45) is 6.42. The maximum Gasteiger partial charge on any atom is 0.328 e. The van der Waals surface area contributed by atoms with Crippen LogP contribution in [0.25, 0.3) is 11.4 Å². The normalized spacial score (nSPS) is 16.6. The van der Waals surface area contributed by atoms with E-state index in [1.54, 1.807) is 64.8 Å². The molecule has 0 fully saturated rings. The molecule has 0 aliphatic carbocycles. The minimum absolute atomic E-state index is 0.115. The van der Waals surface area contributed by atoms with Gasteiger partial charge in [0, 0.05) is 69.6 Å². The van der Waals surface area contributed by atoms with Crippen LogP contribution >= 0.6 is 23.2 Å². The maximum absolute atomic E-state index is 13.9. The fraction of sp³-hybridized carbons (Fsp3) is 0.172. The van der Waals surface area contributed by atoms with Crippen molar-refractivity contribution in [2.75, 3.05) is 41.5 Å². The second kappa shape index (κ2) is 23.6. The summed E-state index contributed by atoms with van der Waals surface area (Å²) < 4.78 is 77.9. The van der Waals surface area contributed by atoms with Crippen LogP contribution < -0.4 is 30.4 Å². The van der Waals surface area contributed by atoms with E-state index in [0.29, 0.717) is 71.1 Å². The summed E-state index contributed by atoms with van der Waals surface area (Å²) in [7, 11) is -1.48. The molecular weight excluding hydrogens is 1080 g/mol. The number of hydrogen-bond acceptors (Lipinski definition) is 14. The first-order chi connectivity index (χ1) is 37.3. The summed E-state index contributed by atoms with van der Waals surface area (Å²) in [5.41, 5.74) is 20.8. The van der Waals surface area contributed by atoms with Crippen LogP contribution in [0.1, 0.15) is 45.2 Å². The summed E-state index contributed by atoms with van der Waals surface area (Å²) >= 11 is 12.3. The molecule has 404 valence electrons. The van der Waals surface area contributed by atoms with Gasteiger partial charge in [0.1, 0.15) is 21.5 Å². The highest BCUT2D eigenvalue weighted by molar-refractivity contribution is 7.95. The van der Waals surface area contributed by atoms with Gasteiger partial charge >= 0.3 is 11.9 Å². The van der Waals surface area contributed by atoms with Crippen molar-refractivity contribution in [2.24, 2.45) is 11.5 Å². The van der Waals surface area contributed by atoms with Crippen molar-refractivity contribution in [1.29, 1.82) is 0 Å². The molecule has 10 rings (SSSR count). The highest BCUT2D eigenvalue weighted by Crippen LogP contribution is 2.49. The molecule has 0 amide bonds. The number of allylic oxidation sites excluding steroid dienone is 4. The van der Waals surface area contributed by atoms with E-state index >= 15 is 0 Å². The third-order valence-corrected chi connectivity index (χ3v) is 17.6. The molecule has 6 aromatic carbocycles. The molecule has 4 heterocycles. The predicted molar refractivity (Wildman–Crippen MR) is 298 cm³/mol. The Morgan fingerprint density at radius 1 is 0.526 bits per heavy atom. The number of carboxylic acids is 2. The predicted octanol–water partition coefficient (Wildman–Crippen LogP) is 9.62. The van der Waals surface area contributed by atoms with Crippen molar-refractivity contribution in [3.05, 3.63) is 223 Å². The smallest absolute Gasteiger partial charge is 0.328 e. The third kappa shape index (κ3) is 11.4. The first kappa shape index (κ1) is 56.1. The lowest BCUT2D eigenvalue weighted by molar-refractivity contribution is -0.134. The van der Waals surface area contributed by atoms with Crippen LogP contribution in [-0.2, 0) is 42.1 Å². The van der Waals surface area contributed by atoms with Crippen LogP contribution in [0.4, 0.5) is 0 Å². The number of carboxylic acid groups (broad SMARTS) is 2. The molecular formula is C58H54Cl2N4O12S2. The first-order valence-electron chi connectivity index (χ1n) is 24.1. The molecule has 0 bridgehead atoms. The van der Waals surface area contributed by atoms with Crippen molar-refractivity contribution in [2.45, 2.75) is 34.5 Å². The lowest BCUT2D eigenvalue weighted by atomic mass is 9.88. The number of sulfone groups is 2. The fourth-order valence-corrected chi connectivity index (χ4v) is 13.7. The molecule has 0 aromatic heterocycles. The van der Waals surface area contributed by atoms with Gasteiger partial charge < -0.3 is 50.4 Å². The number of nitrogens with zero attached hydrogens (tertiary/aromatic N) is 2. The van der Waals surface area contributed by atoms with Crippen LogP contribution in [-0.4, -0.2) is 90.3 Å². The Bertz CT molecular complexity index is 3460. The van der Waals surface area contributed by atoms with Crippen LogP contribution in [0, 0.1) is 0 Å². The zero-order chi connectivity index (χ0) is 56.1. The topological polar surface area (TPSA) is 238 Å². The van der Waals surface area contributed by atoms with E-state index in [2.05, 4.69) is 0 Å². The van der Waals surface area contributed by atoms with Crippen LogP contribution in [0.3, 0.4) is 0 Å². The average Bonchev–Trinajstić information content (AvgIpc) is 3.46. The van der Waals surface area contributed by atoms with Gasteiger partial charge in [0.05, 0.1) is 38.2 Å². The number of halogens is 2. The molecule has 0 radical (unpaired) electrons. The Balaban J connectivity index is 0.000000181. The monoisotopic (exact) mass is 1130 g/mol. The number of methoxy groups -OCH3 is 4. The fourth-order valence-electron chi connectivity index (χ4n) is 9.73. The molecule has 16 nitrogen and oxygen atoms in total. The van der Waals surface area contributed by atoms with Gasteiger partial charge in [0.15, 0.2) is 23.0 Å². The number of nitrogens with two attached hydrogens (primary N) is 2. The van der Waals surface area contributed by atoms with Gasteiger partial charge in [-0.3, -0.25) is 0 Å². The number of carbonyl (C=O) groups is 2. The van der Waals surface area contributed by atoms with Crippen LogP contribution in [0.15, 0.2) is 189 Å². The lowest BCUT2D eigenvalue weighted by Gasteiger charge is -2.39. The zero-order valence-corrected chi connectivity index (χ0v) is 45.7. The Kier molecular flexibility index (Phi) is 17.0. The third-order valence-electron chi connectivity index (χ3n) is 13.3. The number of fused-ring (bicyclic) bond motifs is 6. The molecule has 4 aliphatic heterocycles. The highest BCUT2D eigenvalue weighted by Gasteiger charge is 2.41. The summed E-state index contributed by atoms with van der Waals surface area (Å²) in [5, 5.41) is 16.3. The Labute approximate surface area is 462 Å². The van der Waals surface area contributed by atoms with E-state index in [0.717, 1.165) is 44.8 Å². The van der Waals surface area contributed by atoms with E-state index in [-0.39, 0.29) is 31.2 Å². The van der Waals surface area contributed by atoms with Gasteiger partial charge in [-0.05, 0) is 108 Å². The quantitative estimate of drug-likeness (QED) is 0.0834. The van der Waals surface area contributed by atoms with Crippen molar-refractivity contribution >= 4 is 66.2 Å². The standard InChI is InChI=1S/2C27H25ClN2O4S.C4H4O4/c2*1-33-24-13-18-11-12-30-23(21(18)16-25(24)34-2)15-22(17-7-4-3-5-8-17)26(27(30)29)35(31,32)20-10-6-9-19(28)14-20;5-3(6)1-2-4(7)8/h2*3-10,13-16,22H,11-12,29H2,1-2H3;1-2H,(H,5,6)(H,7,8). The summed E-state index contributed by atoms with van der Waals surface area (Å²) in [5.74, 6) is -0.716. The first-order valence-corrected chi connectivity index (χ1v) is 27.8. The molecule has 0 saturated carbocycles. The Hall–Kier alpha value is -8.16. The van der Waals surface area contributed by atoms with E-state index in [4.69, 9.17) is 63.8 Å². The SMILES string of the molecule is COc1cc2c(cc1OC)C1=CC(c3ccccc3)C(S(=O)(=O)c3cccc(Cl)c3)=C(N)N1CC2.COc1cc2c(cc1OC)C1=CC(c3ccccc3)C(S(=O)(=O)c3cccc(Cl)c3)=C(N)N1CC2.O=C(O)C=CC(=O)O. The Morgan fingerprint density at radius 2 is 0.872 bits per heavy atom. The molecule has 20 heteroatoms. The van der Waals surface area contributed by atoms with Gasteiger partial charge in [0.2, 0.25) is 19.7 Å². The van der Waals surface area contributed by atoms with E-state index in [9.17, 15) is 26.4 Å². The van der Waals surface area contributed by atoms with Crippen LogP contribution in [0.5, 0.6) is 23.0 Å². The molecule has 0 spiro atoms.